The molecule has 1 heterocycles. The highest BCUT2D eigenvalue weighted by Crippen LogP contribution is 2.19. The maximum absolute atomic E-state index is 12.8. The van der Waals surface area contributed by atoms with E-state index < -0.39 is 0 Å². The van der Waals surface area contributed by atoms with Gasteiger partial charge >= 0.3 is 12.0 Å². The van der Waals surface area contributed by atoms with Crippen molar-refractivity contribution in [2.45, 2.75) is 53.0 Å². The summed E-state index contributed by atoms with van der Waals surface area (Å²) in [5, 5.41) is 2.95. The molecule has 6 nitrogen and oxygen atoms in total. The number of carbonyl (C=O) groups is 2. The molecule has 0 saturated carbocycles. The van der Waals surface area contributed by atoms with Crippen LogP contribution in [-0.2, 0) is 22.5 Å². The van der Waals surface area contributed by atoms with E-state index >= 15 is 0 Å². The number of amides is 2. The number of unbranched alkanes of at least 4 members (excludes halogenated alkanes) is 1. The number of nitrogens with zero attached hydrogens (tertiary/aromatic N) is 1. The number of anilines is 1. The molecular weight excluding hydrogens is 356 g/mol. The normalized spacial score (nSPS) is 10.5. The van der Waals surface area contributed by atoms with Crippen LogP contribution in [0.15, 0.2) is 41.0 Å². The molecule has 1 aromatic carbocycles. The molecule has 0 unspecified atom stereocenters. The van der Waals surface area contributed by atoms with Gasteiger partial charge in [0.2, 0.25) is 0 Å². The van der Waals surface area contributed by atoms with Crippen LogP contribution in [0.1, 0.15) is 50.0 Å². The van der Waals surface area contributed by atoms with Gasteiger partial charge in [-0.25, -0.2) is 4.79 Å². The fourth-order valence-electron chi connectivity index (χ4n) is 2.90. The lowest BCUT2D eigenvalue weighted by atomic mass is 10.0. The molecule has 1 N–H and O–H groups in total. The number of hydrogen-bond acceptors (Lipinski definition) is 4. The van der Waals surface area contributed by atoms with Gasteiger partial charge in [0.15, 0.2) is 0 Å². The van der Waals surface area contributed by atoms with Crippen LogP contribution in [0.2, 0.25) is 0 Å². The van der Waals surface area contributed by atoms with Crippen molar-refractivity contribution in [1.29, 1.82) is 0 Å². The van der Waals surface area contributed by atoms with Crippen LogP contribution in [0, 0.1) is 6.92 Å². The summed E-state index contributed by atoms with van der Waals surface area (Å²) in [6.07, 6.45) is 5.04. The lowest BCUT2D eigenvalue weighted by Gasteiger charge is -2.22. The molecule has 0 aliphatic rings. The van der Waals surface area contributed by atoms with Crippen LogP contribution in [0.4, 0.5) is 10.5 Å². The topological polar surface area (TPSA) is 71.8 Å². The van der Waals surface area contributed by atoms with Crippen molar-refractivity contribution >= 4 is 17.7 Å². The van der Waals surface area contributed by atoms with E-state index in [-0.39, 0.29) is 31.5 Å². The van der Waals surface area contributed by atoms with Crippen LogP contribution in [-0.4, -0.2) is 30.1 Å². The highest BCUT2D eigenvalue weighted by atomic mass is 16.5. The van der Waals surface area contributed by atoms with Crippen LogP contribution in [0.25, 0.3) is 0 Å². The molecule has 2 aromatic rings. The van der Waals surface area contributed by atoms with Gasteiger partial charge in [-0.1, -0.05) is 25.5 Å². The molecule has 2 amide bonds. The van der Waals surface area contributed by atoms with Crippen molar-refractivity contribution < 1.29 is 18.7 Å². The first-order chi connectivity index (χ1) is 13.5. The van der Waals surface area contributed by atoms with E-state index in [0.717, 1.165) is 30.5 Å². The number of urea groups is 1. The van der Waals surface area contributed by atoms with E-state index in [1.165, 1.54) is 5.56 Å². The zero-order valence-electron chi connectivity index (χ0n) is 17.0. The Balaban J connectivity index is 2.05. The van der Waals surface area contributed by atoms with E-state index in [1.807, 2.05) is 19.1 Å². The van der Waals surface area contributed by atoms with Gasteiger partial charge in [-0.2, -0.15) is 0 Å². The average Bonchev–Trinajstić information content (AvgIpc) is 3.18. The van der Waals surface area contributed by atoms with Gasteiger partial charge in [0.05, 0.1) is 25.8 Å². The molecule has 0 aliphatic carbocycles. The standard InChI is InChI=1S/C22H30N2O4/c1-4-6-8-18-10-11-20(17(3)15-18)23-22(26)24(13-12-21(25)27-5-2)16-19-9-7-14-28-19/h7,9-11,14-15H,4-6,8,12-13,16H2,1-3H3,(H,23,26). The molecule has 0 spiro atoms. The molecular formula is C22H30N2O4. The summed E-state index contributed by atoms with van der Waals surface area (Å²) in [6.45, 7) is 6.78. The maximum Gasteiger partial charge on any atom is 0.322 e. The molecule has 0 saturated heterocycles. The van der Waals surface area contributed by atoms with Crippen molar-refractivity contribution in [2.75, 3.05) is 18.5 Å². The van der Waals surface area contributed by atoms with Crippen molar-refractivity contribution in [3.05, 3.63) is 53.5 Å². The SMILES string of the molecule is CCCCc1ccc(NC(=O)N(CCC(=O)OCC)Cc2ccco2)c(C)c1. The number of aryl methyl sites for hydroxylation is 2. The van der Waals surface area contributed by atoms with E-state index in [2.05, 4.69) is 18.3 Å². The summed E-state index contributed by atoms with van der Waals surface area (Å²) >= 11 is 0. The van der Waals surface area contributed by atoms with Gasteiger partial charge in [-0.15, -0.1) is 0 Å². The first kappa shape index (κ1) is 21.5. The van der Waals surface area contributed by atoms with E-state index in [4.69, 9.17) is 9.15 Å². The van der Waals surface area contributed by atoms with Gasteiger partial charge in [-0.3, -0.25) is 4.79 Å². The molecule has 28 heavy (non-hydrogen) atoms. The molecule has 0 radical (unpaired) electrons. The second-order valence-corrected chi connectivity index (χ2v) is 6.74. The minimum atomic E-state index is -0.323. The van der Waals surface area contributed by atoms with Gasteiger partial charge in [0.1, 0.15) is 5.76 Å². The number of hydrogen-bond donors (Lipinski definition) is 1. The number of rotatable bonds is 10. The average molecular weight is 386 g/mol. The molecule has 0 fully saturated rings. The summed E-state index contributed by atoms with van der Waals surface area (Å²) in [6, 6.07) is 9.41. The maximum atomic E-state index is 12.8. The Labute approximate surface area is 166 Å². The third kappa shape index (κ3) is 6.76. The number of nitrogens with one attached hydrogen (secondary N) is 1. The van der Waals surface area contributed by atoms with Gasteiger partial charge in [-0.05, 0) is 56.0 Å². The summed E-state index contributed by atoms with van der Waals surface area (Å²) in [5.74, 6) is 0.335. The highest BCUT2D eigenvalue weighted by Gasteiger charge is 2.18. The Hall–Kier alpha value is -2.76. The fraction of sp³-hybridized carbons (Fsp3) is 0.455. The summed E-state index contributed by atoms with van der Waals surface area (Å²) in [7, 11) is 0. The summed E-state index contributed by atoms with van der Waals surface area (Å²) in [5.41, 5.74) is 3.06. The molecule has 0 bridgehead atoms. The molecule has 0 atom stereocenters. The predicted molar refractivity (Wildman–Crippen MR) is 109 cm³/mol. The predicted octanol–water partition coefficient (Wildman–Crippen LogP) is 4.92. The molecule has 0 aliphatic heterocycles. The fourth-order valence-corrected chi connectivity index (χ4v) is 2.90. The van der Waals surface area contributed by atoms with Crippen LogP contribution in [0.3, 0.4) is 0 Å². The Bertz CT molecular complexity index is 756. The number of furan rings is 1. The number of esters is 1. The quantitative estimate of drug-likeness (QED) is 0.589. The Morgan fingerprint density at radius 2 is 2.04 bits per heavy atom. The van der Waals surface area contributed by atoms with E-state index in [9.17, 15) is 9.59 Å². The van der Waals surface area contributed by atoms with Crippen LogP contribution < -0.4 is 5.32 Å². The summed E-state index contributed by atoms with van der Waals surface area (Å²) in [4.78, 5) is 26.1. The van der Waals surface area contributed by atoms with Crippen LogP contribution in [0.5, 0.6) is 0 Å². The molecule has 1 aromatic heterocycles. The lowest BCUT2D eigenvalue weighted by molar-refractivity contribution is -0.143. The second kappa shape index (κ2) is 11.2. The molecule has 2 rings (SSSR count). The number of benzene rings is 1. The first-order valence-electron chi connectivity index (χ1n) is 9.87. The largest absolute Gasteiger partial charge is 0.467 e. The summed E-state index contributed by atoms with van der Waals surface area (Å²) < 4.78 is 10.3. The third-order valence-corrected chi connectivity index (χ3v) is 4.46. The number of carbonyl (C=O) groups excluding carboxylic acids is 2. The van der Waals surface area contributed by atoms with E-state index in [1.54, 1.807) is 30.2 Å². The smallest absolute Gasteiger partial charge is 0.322 e. The van der Waals surface area contributed by atoms with Crippen molar-refractivity contribution in [3.8, 4) is 0 Å². The minimum absolute atomic E-state index is 0.136. The Kier molecular flexibility index (Phi) is 8.59. The molecule has 6 heteroatoms. The Morgan fingerprint density at radius 3 is 2.68 bits per heavy atom. The van der Waals surface area contributed by atoms with Crippen molar-refractivity contribution in [1.82, 2.24) is 4.90 Å². The lowest BCUT2D eigenvalue weighted by Crippen LogP contribution is -2.36. The van der Waals surface area contributed by atoms with E-state index in [0.29, 0.717) is 12.4 Å². The number of ether oxygens (including phenoxy) is 1. The minimum Gasteiger partial charge on any atom is -0.467 e. The van der Waals surface area contributed by atoms with Gasteiger partial charge in [0, 0.05) is 12.2 Å². The second-order valence-electron chi connectivity index (χ2n) is 6.74. The van der Waals surface area contributed by atoms with Gasteiger partial charge < -0.3 is 19.4 Å². The zero-order chi connectivity index (χ0) is 20.4. The van der Waals surface area contributed by atoms with Crippen molar-refractivity contribution in [3.63, 3.8) is 0 Å². The highest BCUT2D eigenvalue weighted by molar-refractivity contribution is 5.90. The molecule has 152 valence electrons. The monoisotopic (exact) mass is 386 g/mol. The zero-order valence-corrected chi connectivity index (χ0v) is 17.0. The van der Waals surface area contributed by atoms with Crippen molar-refractivity contribution in [2.24, 2.45) is 0 Å². The van der Waals surface area contributed by atoms with Gasteiger partial charge in [0.25, 0.3) is 0 Å². The Morgan fingerprint density at radius 1 is 1.21 bits per heavy atom. The first-order valence-corrected chi connectivity index (χ1v) is 9.87. The van der Waals surface area contributed by atoms with Crippen LogP contribution >= 0.6 is 0 Å². The third-order valence-electron chi connectivity index (χ3n) is 4.46.